The number of benzene rings is 5. The molecule has 5 aromatic carbocycles. The average Bonchev–Trinajstić information content (AvgIpc) is 3.43. The van der Waals surface area contributed by atoms with Gasteiger partial charge in [-0.2, -0.15) is 0 Å². The van der Waals surface area contributed by atoms with Gasteiger partial charge in [0.25, 0.3) is 0 Å². The molecule has 0 fully saturated rings. The van der Waals surface area contributed by atoms with Crippen molar-refractivity contribution in [2.24, 2.45) is 0 Å². The minimum absolute atomic E-state index is 0.894. The van der Waals surface area contributed by atoms with Gasteiger partial charge >= 0.3 is 0 Å². The minimum atomic E-state index is 0.894. The van der Waals surface area contributed by atoms with Crippen molar-refractivity contribution in [2.45, 2.75) is 0 Å². The molecule has 0 unspecified atom stereocenters. The lowest BCUT2D eigenvalue weighted by Crippen LogP contribution is -1.94. The smallest absolute Gasteiger partial charge is 0.137 e. The summed E-state index contributed by atoms with van der Waals surface area (Å²) in [6, 6.07) is 38.3. The Morgan fingerprint density at radius 2 is 1.18 bits per heavy atom. The summed E-state index contributed by atoms with van der Waals surface area (Å²) in [5, 5.41) is 8.60. The van der Waals surface area contributed by atoms with Gasteiger partial charge in [0.15, 0.2) is 0 Å². The van der Waals surface area contributed by atoms with Crippen molar-refractivity contribution in [1.82, 2.24) is 0 Å². The molecule has 0 aliphatic heterocycles. The highest BCUT2D eigenvalue weighted by Gasteiger charge is 2.15. The Hall–Kier alpha value is -4.08. The van der Waals surface area contributed by atoms with Gasteiger partial charge in [-0.3, -0.25) is 0 Å². The van der Waals surface area contributed by atoms with Crippen molar-refractivity contribution in [3.05, 3.63) is 109 Å². The van der Waals surface area contributed by atoms with Gasteiger partial charge in [-0.05, 0) is 30.3 Å². The number of thiophene rings is 1. The van der Waals surface area contributed by atoms with Crippen molar-refractivity contribution < 1.29 is 4.42 Å². The van der Waals surface area contributed by atoms with E-state index in [0.29, 0.717) is 0 Å². The molecule has 0 bridgehead atoms. The van der Waals surface area contributed by atoms with Crippen LogP contribution >= 0.6 is 11.3 Å². The van der Waals surface area contributed by atoms with Gasteiger partial charge in [0.05, 0.1) is 11.1 Å². The topological polar surface area (TPSA) is 25.2 Å². The van der Waals surface area contributed by atoms with Gasteiger partial charge < -0.3 is 9.73 Å². The van der Waals surface area contributed by atoms with Crippen LogP contribution in [-0.4, -0.2) is 0 Å². The highest BCUT2D eigenvalue weighted by Crippen LogP contribution is 2.43. The second kappa shape index (κ2) is 7.22. The fourth-order valence-electron chi connectivity index (χ4n) is 4.81. The summed E-state index contributed by atoms with van der Waals surface area (Å²) in [6.45, 7) is 0. The number of nitrogens with one attached hydrogen (secondary N) is 1. The predicted octanol–water partition coefficient (Wildman–Crippen LogP) is 9.36. The Morgan fingerprint density at radius 3 is 2.15 bits per heavy atom. The van der Waals surface area contributed by atoms with Crippen LogP contribution in [0.1, 0.15) is 0 Å². The molecule has 3 heteroatoms. The van der Waals surface area contributed by atoms with Crippen molar-refractivity contribution in [1.29, 1.82) is 0 Å². The van der Waals surface area contributed by atoms with Crippen LogP contribution in [-0.2, 0) is 0 Å². The van der Waals surface area contributed by atoms with E-state index in [-0.39, 0.29) is 0 Å². The first-order valence-corrected chi connectivity index (χ1v) is 11.9. The molecule has 0 aliphatic rings. The van der Waals surface area contributed by atoms with E-state index < -0.39 is 0 Å². The Kier molecular flexibility index (Phi) is 4.05. The molecule has 7 aromatic rings. The summed E-state index contributed by atoms with van der Waals surface area (Å²) in [7, 11) is 0. The van der Waals surface area contributed by atoms with E-state index >= 15 is 0 Å². The molecule has 1 N–H and O–H groups in total. The molecular weight excluding hydrogens is 422 g/mol. The Bertz CT molecular complexity index is 1810. The summed E-state index contributed by atoms with van der Waals surface area (Å²) in [5.41, 5.74) is 6.38. The quantitative estimate of drug-likeness (QED) is 0.295. The first-order chi connectivity index (χ1) is 16.4. The Morgan fingerprint density at radius 1 is 0.515 bits per heavy atom. The van der Waals surface area contributed by atoms with Crippen molar-refractivity contribution in [3.63, 3.8) is 0 Å². The number of fused-ring (bicyclic) bond motifs is 6. The highest BCUT2D eigenvalue weighted by atomic mass is 32.1. The third-order valence-electron chi connectivity index (χ3n) is 6.29. The molecule has 0 saturated carbocycles. The zero-order chi connectivity index (χ0) is 21.8. The largest absolute Gasteiger partial charge is 0.456 e. The number of rotatable bonds is 3. The molecule has 0 atom stereocenters. The fourth-order valence-corrected chi connectivity index (χ4v) is 6.04. The van der Waals surface area contributed by atoms with E-state index in [2.05, 4.69) is 90.2 Å². The zero-order valence-electron chi connectivity index (χ0n) is 17.7. The minimum Gasteiger partial charge on any atom is -0.456 e. The molecule has 0 radical (unpaired) electrons. The van der Waals surface area contributed by atoms with E-state index in [4.69, 9.17) is 4.42 Å². The predicted molar refractivity (Wildman–Crippen MR) is 142 cm³/mol. The number of hydrogen-bond acceptors (Lipinski definition) is 3. The van der Waals surface area contributed by atoms with Crippen molar-refractivity contribution in [2.75, 3.05) is 5.32 Å². The molecule has 0 aliphatic carbocycles. The third kappa shape index (κ3) is 2.86. The summed E-state index contributed by atoms with van der Waals surface area (Å²) in [4.78, 5) is 0. The third-order valence-corrected chi connectivity index (χ3v) is 7.51. The molecule has 156 valence electrons. The van der Waals surface area contributed by atoms with Crippen LogP contribution < -0.4 is 5.32 Å². The monoisotopic (exact) mass is 441 g/mol. The second-order valence-electron chi connectivity index (χ2n) is 8.23. The summed E-state index contributed by atoms with van der Waals surface area (Å²) in [6.07, 6.45) is 0. The Balaban J connectivity index is 1.43. The molecule has 7 rings (SSSR count). The lowest BCUT2D eigenvalue weighted by molar-refractivity contribution is 0.669. The van der Waals surface area contributed by atoms with Gasteiger partial charge in [0.1, 0.15) is 11.2 Å². The first-order valence-electron chi connectivity index (χ1n) is 11.0. The van der Waals surface area contributed by atoms with E-state index in [1.54, 1.807) is 0 Å². The molecule has 2 nitrogen and oxygen atoms in total. The van der Waals surface area contributed by atoms with E-state index in [1.165, 1.54) is 31.3 Å². The van der Waals surface area contributed by atoms with Crippen LogP contribution in [0.2, 0.25) is 0 Å². The van der Waals surface area contributed by atoms with E-state index in [1.807, 2.05) is 35.6 Å². The van der Waals surface area contributed by atoms with Crippen LogP contribution in [0.5, 0.6) is 0 Å². The molecule has 33 heavy (non-hydrogen) atoms. The van der Waals surface area contributed by atoms with Gasteiger partial charge in [0.2, 0.25) is 0 Å². The zero-order valence-corrected chi connectivity index (χ0v) is 18.5. The SMILES string of the molecule is c1ccc(-c2cccc3c2sc2ccccc23)c(Nc2cccc3oc4ccccc4c23)c1. The van der Waals surface area contributed by atoms with Crippen molar-refractivity contribution in [3.8, 4) is 11.1 Å². The lowest BCUT2D eigenvalue weighted by Gasteiger charge is -2.14. The van der Waals surface area contributed by atoms with Gasteiger partial charge in [-0.15, -0.1) is 11.3 Å². The lowest BCUT2D eigenvalue weighted by atomic mass is 10.0. The molecule has 2 heterocycles. The number of furan rings is 1. The summed E-state index contributed by atoms with van der Waals surface area (Å²) < 4.78 is 8.74. The maximum Gasteiger partial charge on any atom is 0.137 e. The van der Waals surface area contributed by atoms with Crippen LogP contribution in [0.3, 0.4) is 0 Å². The summed E-state index contributed by atoms with van der Waals surface area (Å²) in [5.74, 6) is 0. The van der Waals surface area contributed by atoms with Crippen LogP contribution in [0.25, 0.3) is 53.2 Å². The molecule has 2 aromatic heterocycles. The van der Waals surface area contributed by atoms with Crippen LogP contribution in [0, 0.1) is 0 Å². The maximum atomic E-state index is 6.10. The van der Waals surface area contributed by atoms with E-state index in [0.717, 1.165) is 33.3 Å². The van der Waals surface area contributed by atoms with E-state index in [9.17, 15) is 0 Å². The number of hydrogen-bond donors (Lipinski definition) is 1. The molecule has 0 spiro atoms. The second-order valence-corrected chi connectivity index (χ2v) is 9.28. The van der Waals surface area contributed by atoms with Crippen LogP contribution in [0.4, 0.5) is 11.4 Å². The van der Waals surface area contributed by atoms with Gasteiger partial charge in [0, 0.05) is 42.4 Å². The van der Waals surface area contributed by atoms with Gasteiger partial charge in [-0.1, -0.05) is 78.9 Å². The van der Waals surface area contributed by atoms with Crippen LogP contribution in [0.15, 0.2) is 114 Å². The fraction of sp³-hybridized carbons (Fsp3) is 0. The number of para-hydroxylation sites is 2. The highest BCUT2D eigenvalue weighted by molar-refractivity contribution is 7.26. The maximum absolute atomic E-state index is 6.10. The average molecular weight is 442 g/mol. The van der Waals surface area contributed by atoms with Crippen molar-refractivity contribution >= 4 is 64.8 Å². The number of anilines is 2. The molecular formula is C30H19NOS. The molecule has 0 saturated heterocycles. The Labute approximate surface area is 194 Å². The normalized spacial score (nSPS) is 11.6. The standard InChI is InChI=1S/C30H19NOS/c1-4-14-24(31-25-15-8-17-27-29(25)23-11-2-5-16-26(23)32-27)19(9-1)21-12-7-13-22-20-10-3-6-18-28(20)33-30(21)22/h1-18,31H. The first kappa shape index (κ1) is 18.5. The summed E-state index contributed by atoms with van der Waals surface area (Å²) >= 11 is 1.86. The molecule has 0 amide bonds. The van der Waals surface area contributed by atoms with Gasteiger partial charge in [-0.25, -0.2) is 0 Å².